The average molecular weight is 230 g/mol. The van der Waals surface area contributed by atoms with Crippen LogP contribution in [0.2, 0.25) is 0 Å². The molecule has 92 valence electrons. The number of allylic oxidation sites excluding steroid dienone is 1. The molecule has 0 bridgehead atoms. The van der Waals surface area contributed by atoms with Crippen molar-refractivity contribution in [2.75, 3.05) is 0 Å². The number of aryl methyl sites for hydroxylation is 2. The zero-order valence-corrected chi connectivity index (χ0v) is 11.7. The van der Waals surface area contributed by atoms with Gasteiger partial charge in [-0.3, -0.25) is 0 Å². The summed E-state index contributed by atoms with van der Waals surface area (Å²) in [6.45, 7) is 12.4. The van der Waals surface area contributed by atoms with Crippen molar-refractivity contribution in [1.82, 2.24) is 0 Å². The number of benzene rings is 1. The molecule has 0 aliphatic heterocycles. The summed E-state index contributed by atoms with van der Waals surface area (Å²) in [6.07, 6.45) is 1.83. The first-order chi connectivity index (χ1) is 7.79. The largest absolute Gasteiger partial charge is 0.183 e. The van der Waals surface area contributed by atoms with E-state index in [0.29, 0.717) is 0 Å². The molecule has 0 amide bonds. The molecule has 2 nitrogen and oxygen atoms in total. The van der Waals surface area contributed by atoms with Crippen molar-refractivity contribution in [1.29, 1.82) is 0 Å². The monoisotopic (exact) mass is 230 g/mol. The lowest BCUT2D eigenvalue weighted by Gasteiger charge is -2.08. The third-order valence-corrected chi connectivity index (χ3v) is 2.57. The zero-order valence-electron chi connectivity index (χ0n) is 11.7. The Balaban J connectivity index is 2.89. The van der Waals surface area contributed by atoms with E-state index in [2.05, 4.69) is 49.2 Å². The average Bonchev–Trinajstić information content (AvgIpc) is 2.20. The molecule has 0 atom stereocenters. The molecule has 0 fully saturated rings. The minimum absolute atomic E-state index is 0.111. The Labute approximate surface area is 104 Å². The smallest absolute Gasteiger partial charge is 0.0736 e. The molecular formula is C15H22N2. The van der Waals surface area contributed by atoms with Crippen molar-refractivity contribution < 1.29 is 0 Å². The highest BCUT2D eigenvalue weighted by atomic mass is 15.1. The highest BCUT2D eigenvalue weighted by Crippen LogP contribution is 2.18. The number of hydrogen-bond donors (Lipinski definition) is 0. The number of azo groups is 1. The van der Waals surface area contributed by atoms with Gasteiger partial charge in [-0.15, -0.1) is 0 Å². The van der Waals surface area contributed by atoms with Crippen molar-refractivity contribution in [3.8, 4) is 0 Å². The fourth-order valence-corrected chi connectivity index (χ4v) is 1.35. The van der Waals surface area contributed by atoms with Gasteiger partial charge in [0, 0.05) is 0 Å². The van der Waals surface area contributed by atoms with Gasteiger partial charge >= 0.3 is 0 Å². The van der Waals surface area contributed by atoms with Gasteiger partial charge in [0.25, 0.3) is 0 Å². The van der Waals surface area contributed by atoms with Crippen LogP contribution in [0.3, 0.4) is 0 Å². The molecule has 17 heavy (non-hydrogen) atoms. The van der Waals surface area contributed by atoms with Crippen molar-refractivity contribution in [2.24, 2.45) is 10.2 Å². The van der Waals surface area contributed by atoms with Crippen LogP contribution in [-0.4, -0.2) is 5.54 Å². The van der Waals surface area contributed by atoms with Crippen LogP contribution in [0.1, 0.15) is 44.4 Å². The Morgan fingerprint density at radius 3 is 2.29 bits per heavy atom. The van der Waals surface area contributed by atoms with Gasteiger partial charge in [-0.05, 0) is 63.8 Å². The van der Waals surface area contributed by atoms with E-state index in [4.69, 9.17) is 0 Å². The van der Waals surface area contributed by atoms with Crippen molar-refractivity contribution >= 4 is 5.57 Å². The molecule has 0 aliphatic rings. The Kier molecular flexibility index (Phi) is 4.22. The van der Waals surface area contributed by atoms with Crippen molar-refractivity contribution in [2.45, 2.75) is 47.1 Å². The minimum Gasteiger partial charge on any atom is -0.183 e. The van der Waals surface area contributed by atoms with Gasteiger partial charge in [0.15, 0.2) is 0 Å². The summed E-state index contributed by atoms with van der Waals surface area (Å²) in [5.41, 5.74) is 4.86. The first-order valence-electron chi connectivity index (χ1n) is 5.96. The number of nitrogens with zero attached hydrogens (tertiary/aromatic N) is 2. The van der Waals surface area contributed by atoms with Gasteiger partial charge in [0.2, 0.25) is 0 Å². The Morgan fingerprint density at radius 2 is 1.76 bits per heavy atom. The van der Waals surface area contributed by atoms with Crippen LogP contribution in [0.25, 0.3) is 5.57 Å². The highest BCUT2D eigenvalue weighted by molar-refractivity contribution is 5.64. The van der Waals surface area contributed by atoms with E-state index < -0.39 is 0 Å². The molecule has 0 aromatic heterocycles. The summed E-state index contributed by atoms with van der Waals surface area (Å²) in [6, 6.07) is 6.46. The molecule has 1 aromatic rings. The van der Waals surface area contributed by atoms with E-state index >= 15 is 0 Å². The van der Waals surface area contributed by atoms with E-state index in [1.165, 1.54) is 16.7 Å². The fraction of sp³-hybridized carbons (Fsp3) is 0.467. The van der Waals surface area contributed by atoms with E-state index in [0.717, 1.165) is 5.57 Å². The lowest BCUT2D eigenvalue weighted by Crippen LogP contribution is -2.07. The van der Waals surface area contributed by atoms with Crippen molar-refractivity contribution in [3.63, 3.8) is 0 Å². The third kappa shape index (κ3) is 4.51. The molecule has 1 rings (SSSR count). The Hall–Kier alpha value is -1.44. The maximum absolute atomic E-state index is 4.21. The molecular weight excluding hydrogens is 208 g/mol. The van der Waals surface area contributed by atoms with Crippen molar-refractivity contribution in [3.05, 3.63) is 41.1 Å². The standard InChI is InChI=1S/C15H22N2/c1-11-7-8-14(9-12(11)2)13(3)10-16-17-15(4,5)6/h7-10H,1-6H3/b13-10+,17-16?. The summed E-state index contributed by atoms with van der Waals surface area (Å²) in [5.74, 6) is 0. The van der Waals surface area contributed by atoms with Gasteiger partial charge in [-0.1, -0.05) is 18.2 Å². The number of hydrogen-bond acceptors (Lipinski definition) is 2. The molecule has 0 N–H and O–H groups in total. The molecule has 2 heteroatoms. The molecule has 0 heterocycles. The normalized spacial score (nSPS) is 13.4. The van der Waals surface area contributed by atoms with Crippen LogP contribution >= 0.6 is 0 Å². The van der Waals surface area contributed by atoms with Crippen LogP contribution in [0.4, 0.5) is 0 Å². The first kappa shape index (κ1) is 13.6. The highest BCUT2D eigenvalue weighted by Gasteiger charge is 2.05. The van der Waals surface area contributed by atoms with E-state index in [-0.39, 0.29) is 5.54 Å². The van der Waals surface area contributed by atoms with Gasteiger partial charge in [-0.25, -0.2) is 0 Å². The van der Waals surface area contributed by atoms with E-state index in [9.17, 15) is 0 Å². The third-order valence-electron chi connectivity index (χ3n) is 2.57. The van der Waals surface area contributed by atoms with E-state index in [1.807, 2.05) is 27.0 Å². The zero-order chi connectivity index (χ0) is 13.1. The summed E-state index contributed by atoms with van der Waals surface area (Å²) < 4.78 is 0. The second kappa shape index (κ2) is 5.26. The predicted molar refractivity (Wildman–Crippen MR) is 74.2 cm³/mol. The van der Waals surface area contributed by atoms with Crippen LogP contribution < -0.4 is 0 Å². The molecule has 0 saturated heterocycles. The summed E-state index contributed by atoms with van der Waals surface area (Å²) in [5, 5.41) is 8.34. The van der Waals surface area contributed by atoms with Crippen LogP contribution in [0, 0.1) is 13.8 Å². The summed E-state index contributed by atoms with van der Waals surface area (Å²) in [7, 11) is 0. The molecule has 0 aliphatic carbocycles. The second-order valence-corrected chi connectivity index (χ2v) is 5.50. The molecule has 0 unspecified atom stereocenters. The summed E-state index contributed by atoms with van der Waals surface area (Å²) in [4.78, 5) is 0. The molecule has 0 radical (unpaired) electrons. The topological polar surface area (TPSA) is 24.7 Å². The lowest BCUT2D eigenvalue weighted by atomic mass is 10.0. The number of rotatable bonds is 2. The predicted octanol–water partition coefficient (Wildman–Crippen LogP) is 4.91. The summed E-state index contributed by atoms with van der Waals surface area (Å²) >= 11 is 0. The fourth-order valence-electron chi connectivity index (χ4n) is 1.35. The van der Waals surface area contributed by atoms with E-state index in [1.54, 1.807) is 0 Å². The SMILES string of the molecule is C/C(=C\N=NC(C)(C)C)c1ccc(C)c(C)c1. The van der Waals surface area contributed by atoms with Gasteiger partial charge in [0.05, 0.1) is 11.7 Å². The van der Waals surface area contributed by atoms with Crippen LogP contribution in [-0.2, 0) is 0 Å². The molecule has 0 spiro atoms. The van der Waals surface area contributed by atoms with Gasteiger partial charge in [0.1, 0.15) is 0 Å². The minimum atomic E-state index is -0.111. The van der Waals surface area contributed by atoms with Crippen LogP contribution in [0.5, 0.6) is 0 Å². The Bertz CT molecular complexity index is 448. The maximum Gasteiger partial charge on any atom is 0.0736 e. The maximum atomic E-state index is 4.21. The van der Waals surface area contributed by atoms with Gasteiger partial charge < -0.3 is 0 Å². The molecule has 0 saturated carbocycles. The Morgan fingerprint density at radius 1 is 1.12 bits per heavy atom. The second-order valence-electron chi connectivity index (χ2n) is 5.50. The van der Waals surface area contributed by atoms with Crippen LogP contribution in [0.15, 0.2) is 34.6 Å². The first-order valence-corrected chi connectivity index (χ1v) is 5.96. The lowest BCUT2D eigenvalue weighted by molar-refractivity contribution is 0.551. The molecule has 1 aromatic carbocycles. The van der Waals surface area contributed by atoms with Gasteiger partial charge in [-0.2, -0.15) is 10.2 Å². The quantitative estimate of drug-likeness (QED) is 0.645.